The summed E-state index contributed by atoms with van der Waals surface area (Å²) in [5.41, 5.74) is 1.98. The zero-order chi connectivity index (χ0) is 24.0. The summed E-state index contributed by atoms with van der Waals surface area (Å²) in [6, 6.07) is 7.51. The van der Waals surface area contributed by atoms with Gasteiger partial charge in [0.15, 0.2) is 0 Å². The van der Waals surface area contributed by atoms with E-state index >= 15 is 0 Å². The molecular weight excluding hydrogens is 457 g/mol. The van der Waals surface area contributed by atoms with Crippen LogP contribution in [0.5, 0.6) is 0 Å². The van der Waals surface area contributed by atoms with Gasteiger partial charge in [-0.1, -0.05) is 37.5 Å². The van der Waals surface area contributed by atoms with E-state index in [0.29, 0.717) is 11.8 Å². The fourth-order valence-corrected chi connectivity index (χ4v) is 9.06. The highest BCUT2D eigenvalue weighted by atomic mass is 32.1. The standard InChI is InChI=1S/C29H38FN3OS/c1-19-32-25-12-7-14-29(27(25)35-19)18-31-17-23(29)28(34)33-15-13-21(22-10-5-6-11-24(22)30)16-26(33)20-8-3-2-4-9-20/h5-6,10-11,20-21,23,26,31H,2-4,7-9,12-18H2,1H3. The predicted octanol–water partition coefficient (Wildman–Crippen LogP) is 5.74. The monoisotopic (exact) mass is 495 g/mol. The quantitative estimate of drug-likeness (QED) is 0.591. The number of nitrogens with zero attached hydrogens (tertiary/aromatic N) is 2. The summed E-state index contributed by atoms with van der Waals surface area (Å²) in [6.45, 7) is 4.50. The maximum Gasteiger partial charge on any atom is 0.228 e. The van der Waals surface area contributed by atoms with Gasteiger partial charge in [0.05, 0.1) is 16.6 Å². The number of aromatic nitrogens is 1. The average Bonchev–Trinajstić information content (AvgIpc) is 3.48. The van der Waals surface area contributed by atoms with Crippen LogP contribution in [0.3, 0.4) is 0 Å². The molecule has 6 heteroatoms. The maximum atomic E-state index is 14.7. The number of carbonyl (C=O) groups is 1. The second-order valence-corrected chi connectivity index (χ2v) is 12.6. The highest BCUT2D eigenvalue weighted by Crippen LogP contribution is 2.49. The van der Waals surface area contributed by atoms with Crippen molar-refractivity contribution >= 4 is 17.2 Å². The number of halogens is 1. The summed E-state index contributed by atoms with van der Waals surface area (Å²) >= 11 is 1.82. The van der Waals surface area contributed by atoms with Gasteiger partial charge in [-0.2, -0.15) is 0 Å². The lowest BCUT2D eigenvalue weighted by Crippen LogP contribution is -2.55. The fraction of sp³-hybridized carbons (Fsp3) is 0.655. The maximum absolute atomic E-state index is 14.7. The predicted molar refractivity (Wildman–Crippen MR) is 138 cm³/mol. The number of nitrogens with one attached hydrogen (secondary N) is 1. The number of piperidine rings is 1. The molecule has 1 saturated carbocycles. The number of thiazole rings is 1. The molecule has 2 aliphatic heterocycles. The van der Waals surface area contributed by atoms with Gasteiger partial charge in [-0.25, -0.2) is 9.37 Å². The molecule has 4 nitrogen and oxygen atoms in total. The van der Waals surface area contributed by atoms with Crippen molar-refractivity contribution in [3.8, 4) is 0 Å². The van der Waals surface area contributed by atoms with Crippen molar-refractivity contribution in [3.63, 3.8) is 0 Å². The lowest BCUT2D eigenvalue weighted by molar-refractivity contribution is -0.143. The van der Waals surface area contributed by atoms with E-state index in [9.17, 15) is 9.18 Å². The van der Waals surface area contributed by atoms with Gasteiger partial charge in [0.2, 0.25) is 5.91 Å². The molecule has 3 heterocycles. The molecule has 35 heavy (non-hydrogen) atoms. The van der Waals surface area contributed by atoms with E-state index in [1.165, 1.54) is 42.7 Å². The molecular formula is C29H38FN3OS. The molecule has 188 valence electrons. The SMILES string of the molecule is Cc1nc2c(s1)C1(CCC2)CNCC1C(=O)N1CCC(c2ccccc2F)CC1C1CCCCC1. The van der Waals surface area contributed by atoms with Crippen LogP contribution in [-0.4, -0.2) is 41.5 Å². The summed E-state index contributed by atoms with van der Waals surface area (Å²) in [6.07, 6.45) is 11.2. The molecule has 1 aromatic heterocycles. The van der Waals surface area contributed by atoms with Crippen LogP contribution < -0.4 is 5.32 Å². The van der Waals surface area contributed by atoms with Gasteiger partial charge in [0.1, 0.15) is 5.82 Å². The Balaban J connectivity index is 1.30. The smallest absolute Gasteiger partial charge is 0.228 e. The van der Waals surface area contributed by atoms with Gasteiger partial charge in [0.25, 0.3) is 0 Å². The average molecular weight is 496 g/mol. The minimum absolute atomic E-state index is 0.0162. The highest BCUT2D eigenvalue weighted by Gasteiger charge is 2.53. The van der Waals surface area contributed by atoms with Crippen LogP contribution in [0.1, 0.15) is 84.8 Å². The second-order valence-electron chi connectivity index (χ2n) is 11.4. The van der Waals surface area contributed by atoms with Gasteiger partial charge >= 0.3 is 0 Å². The van der Waals surface area contributed by atoms with E-state index < -0.39 is 0 Å². The molecule has 0 bridgehead atoms. The molecule has 4 aliphatic rings. The van der Waals surface area contributed by atoms with Crippen LogP contribution in [0.4, 0.5) is 4.39 Å². The van der Waals surface area contributed by atoms with Crippen molar-refractivity contribution < 1.29 is 9.18 Å². The van der Waals surface area contributed by atoms with E-state index in [1.807, 2.05) is 23.5 Å². The Morgan fingerprint density at radius 2 is 2.00 bits per heavy atom. The minimum atomic E-state index is -0.101. The third kappa shape index (κ3) is 4.15. The lowest BCUT2D eigenvalue weighted by atomic mass is 9.68. The Kier molecular flexibility index (Phi) is 6.46. The highest BCUT2D eigenvalue weighted by molar-refractivity contribution is 7.11. The molecule has 3 fully saturated rings. The number of benzene rings is 1. The Hall–Kier alpha value is -1.79. The number of hydrogen-bond donors (Lipinski definition) is 1. The molecule has 1 amide bonds. The Bertz CT molecular complexity index is 1080. The Morgan fingerprint density at radius 3 is 2.83 bits per heavy atom. The summed E-state index contributed by atoms with van der Waals surface area (Å²) in [5.74, 6) is 0.983. The summed E-state index contributed by atoms with van der Waals surface area (Å²) in [4.78, 5) is 22.9. The van der Waals surface area contributed by atoms with Gasteiger partial charge in [-0.05, 0) is 75.3 Å². The first-order valence-electron chi connectivity index (χ1n) is 13.8. The van der Waals surface area contributed by atoms with Gasteiger partial charge in [0, 0.05) is 36.0 Å². The zero-order valence-electron chi connectivity index (χ0n) is 20.9. The Morgan fingerprint density at radius 1 is 1.17 bits per heavy atom. The third-order valence-electron chi connectivity index (χ3n) is 9.51. The van der Waals surface area contributed by atoms with Crippen LogP contribution in [-0.2, 0) is 16.6 Å². The number of amides is 1. The van der Waals surface area contributed by atoms with Crippen molar-refractivity contribution in [1.82, 2.24) is 15.2 Å². The molecule has 4 unspecified atom stereocenters. The first kappa shape index (κ1) is 23.6. The number of aryl methyl sites for hydroxylation is 2. The molecule has 1 spiro atoms. The lowest BCUT2D eigenvalue weighted by Gasteiger charge is -2.47. The van der Waals surface area contributed by atoms with E-state index in [1.54, 1.807) is 12.1 Å². The largest absolute Gasteiger partial charge is 0.339 e. The molecule has 2 saturated heterocycles. The number of hydrogen-bond acceptors (Lipinski definition) is 4. The van der Waals surface area contributed by atoms with Crippen molar-refractivity contribution in [2.45, 2.75) is 88.5 Å². The third-order valence-corrected chi connectivity index (χ3v) is 10.7. The fourth-order valence-electron chi connectivity index (χ4n) is 7.82. The van der Waals surface area contributed by atoms with Crippen molar-refractivity contribution in [2.75, 3.05) is 19.6 Å². The van der Waals surface area contributed by atoms with E-state index in [0.717, 1.165) is 62.3 Å². The number of fused-ring (bicyclic) bond motifs is 2. The molecule has 2 aliphatic carbocycles. The van der Waals surface area contributed by atoms with Gasteiger partial charge in [-0.3, -0.25) is 4.79 Å². The van der Waals surface area contributed by atoms with E-state index in [-0.39, 0.29) is 29.1 Å². The van der Waals surface area contributed by atoms with Crippen molar-refractivity contribution in [3.05, 3.63) is 51.2 Å². The van der Waals surface area contributed by atoms with Crippen molar-refractivity contribution in [2.24, 2.45) is 11.8 Å². The normalized spacial score (nSPS) is 31.6. The first-order valence-corrected chi connectivity index (χ1v) is 14.6. The van der Waals surface area contributed by atoms with Crippen molar-refractivity contribution in [1.29, 1.82) is 0 Å². The van der Waals surface area contributed by atoms with E-state index in [2.05, 4.69) is 17.1 Å². The molecule has 0 radical (unpaired) electrons. The molecule has 1 N–H and O–H groups in total. The van der Waals surface area contributed by atoms with E-state index in [4.69, 9.17) is 4.98 Å². The number of rotatable bonds is 3. The van der Waals surface area contributed by atoms with Gasteiger partial charge < -0.3 is 10.2 Å². The first-order chi connectivity index (χ1) is 17.1. The summed E-state index contributed by atoms with van der Waals surface area (Å²) in [5, 5.41) is 4.75. The second kappa shape index (κ2) is 9.59. The van der Waals surface area contributed by atoms with Crippen LogP contribution in [0, 0.1) is 24.6 Å². The zero-order valence-corrected chi connectivity index (χ0v) is 21.7. The summed E-state index contributed by atoms with van der Waals surface area (Å²) in [7, 11) is 0. The van der Waals surface area contributed by atoms with Gasteiger partial charge in [-0.15, -0.1) is 11.3 Å². The molecule has 6 rings (SSSR count). The van der Waals surface area contributed by atoms with Crippen LogP contribution >= 0.6 is 11.3 Å². The van der Waals surface area contributed by atoms with Crippen LogP contribution in [0.15, 0.2) is 24.3 Å². The van der Waals surface area contributed by atoms with Crippen LogP contribution in [0.2, 0.25) is 0 Å². The molecule has 1 aromatic carbocycles. The van der Waals surface area contributed by atoms with Crippen LogP contribution in [0.25, 0.3) is 0 Å². The number of carbonyl (C=O) groups excluding carboxylic acids is 1. The summed E-state index contributed by atoms with van der Waals surface area (Å²) < 4.78 is 14.7. The minimum Gasteiger partial charge on any atom is -0.339 e. The Labute approximate surface area is 212 Å². The molecule has 2 aromatic rings. The topological polar surface area (TPSA) is 45.2 Å². The number of likely N-dealkylation sites (tertiary alicyclic amines) is 1. The molecule has 4 atom stereocenters.